The van der Waals surface area contributed by atoms with Gasteiger partial charge in [0.25, 0.3) is 5.91 Å². The Bertz CT molecular complexity index is 1270. The molecule has 4 rings (SSSR count). The largest absolute Gasteiger partial charge is 0.497 e. The van der Waals surface area contributed by atoms with E-state index in [0.29, 0.717) is 11.4 Å². The number of hydrogen-bond acceptors (Lipinski definition) is 4. The summed E-state index contributed by atoms with van der Waals surface area (Å²) in [6, 6.07) is 24.5. The van der Waals surface area contributed by atoms with Crippen LogP contribution in [0.25, 0.3) is 5.69 Å². The summed E-state index contributed by atoms with van der Waals surface area (Å²) in [5.41, 5.74) is 4.08. The summed E-state index contributed by atoms with van der Waals surface area (Å²) in [5.74, 6) is 6.65. The van der Waals surface area contributed by atoms with Gasteiger partial charge >= 0.3 is 0 Å². The summed E-state index contributed by atoms with van der Waals surface area (Å²) in [7, 11) is 1.61. The van der Waals surface area contributed by atoms with Crippen molar-refractivity contribution < 1.29 is 9.53 Å². The van der Waals surface area contributed by atoms with Crippen molar-refractivity contribution in [3.8, 4) is 23.3 Å². The fourth-order valence-electron chi connectivity index (χ4n) is 3.04. The third-order valence-corrected chi connectivity index (χ3v) is 4.67. The molecule has 4 aromatic rings. The fraction of sp³-hybridized carbons (Fsp3) is 0.0800. The molecule has 0 aliphatic carbocycles. The first-order chi connectivity index (χ1) is 15.1. The number of aromatic nitrogens is 3. The van der Waals surface area contributed by atoms with Gasteiger partial charge in [0.05, 0.1) is 18.5 Å². The topological polar surface area (TPSA) is 69.0 Å². The second-order valence-corrected chi connectivity index (χ2v) is 6.78. The molecular weight excluding hydrogens is 388 g/mol. The first-order valence-corrected chi connectivity index (χ1v) is 9.69. The van der Waals surface area contributed by atoms with Gasteiger partial charge < -0.3 is 10.1 Å². The predicted octanol–water partition coefficient (Wildman–Crippen LogP) is 4.24. The number of carbonyl (C=O) groups is 1. The molecule has 0 unspecified atom stereocenters. The Morgan fingerprint density at radius 2 is 1.65 bits per heavy atom. The highest BCUT2D eigenvalue weighted by Gasteiger charge is 2.17. The maximum atomic E-state index is 12.8. The van der Waals surface area contributed by atoms with Gasteiger partial charge in [-0.2, -0.15) is 0 Å². The lowest BCUT2D eigenvalue weighted by Gasteiger charge is -2.06. The van der Waals surface area contributed by atoms with E-state index in [-0.39, 0.29) is 11.6 Å². The number of carbonyl (C=O) groups excluding carboxylic acids is 1. The van der Waals surface area contributed by atoms with Crippen LogP contribution in [0.1, 0.15) is 27.3 Å². The number of methoxy groups -OCH3 is 1. The van der Waals surface area contributed by atoms with Crippen LogP contribution in [0.5, 0.6) is 5.75 Å². The van der Waals surface area contributed by atoms with E-state index in [2.05, 4.69) is 27.5 Å². The number of hydrogen-bond donors (Lipinski definition) is 1. The molecule has 1 amide bonds. The highest BCUT2D eigenvalue weighted by Crippen LogP contribution is 2.18. The van der Waals surface area contributed by atoms with Gasteiger partial charge in [0.2, 0.25) is 0 Å². The van der Waals surface area contributed by atoms with Crippen molar-refractivity contribution in [2.24, 2.45) is 0 Å². The lowest BCUT2D eigenvalue weighted by molar-refractivity contribution is 0.102. The van der Waals surface area contributed by atoms with Crippen LogP contribution in [0.15, 0.2) is 78.9 Å². The zero-order valence-electron chi connectivity index (χ0n) is 17.2. The summed E-state index contributed by atoms with van der Waals surface area (Å²) < 4.78 is 6.80. The van der Waals surface area contributed by atoms with E-state index in [1.54, 1.807) is 18.7 Å². The Kier molecular flexibility index (Phi) is 5.77. The molecule has 0 saturated carbocycles. The van der Waals surface area contributed by atoms with Gasteiger partial charge in [-0.15, -0.1) is 5.10 Å². The molecule has 3 aromatic carbocycles. The van der Waals surface area contributed by atoms with Gasteiger partial charge in [0.1, 0.15) is 5.75 Å². The average molecular weight is 408 g/mol. The van der Waals surface area contributed by atoms with Gasteiger partial charge in [-0.3, -0.25) is 4.79 Å². The molecule has 0 spiro atoms. The molecule has 0 bridgehead atoms. The van der Waals surface area contributed by atoms with Crippen LogP contribution in [0.3, 0.4) is 0 Å². The van der Waals surface area contributed by atoms with E-state index in [0.717, 1.165) is 22.6 Å². The predicted molar refractivity (Wildman–Crippen MR) is 119 cm³/mol. The minimum absolute atomic E-state index is 0.261. The number of nitrogens with one attached hydrogen (secondary N) is 1. The molecule has 1 heterocycles. The van der Waals surface area contributed by atoms with Gasteiger partial charge in [0.15, 0.2) is 5.69 Å². The lowest BCUT2D eigenvalue weighted by atomic mass is 10.1. The average Bonchev–Trinajstić information content (AvgIpc) is 3.20. The second-order valence-electron chi connectivity index (χ2n) is 6.78. The van der Waals surface area contributed by atoms with E-state index in [1.165, 1.54) is 0 Å². The quantitative estimate of drug-likeness (QED) is 0.513. The maximum absolute atomic E-state index is 12.8. The van der Waals surface area contributed by atoms with Crippen molar-refractivity contribution >= 4 is 11.6 Å². The van der Waals surface area contributed by atoms with Crippen LogP contribution in [-0.2, 0) is 0 Å². The fourth-order valence-corrected chi connectivity index (χ4v) is 3.04. The summed E-state index contributed by atoms with van der Waals surface area (Å²) >= 11 is 0. The molecule has 31 heavy (non-hydrogen) atoms. The highest BCUT2D eigenvalue weighted by atomic mass is 16.5. The number of benzene rings is 3. The van der Waals surface area contributed by atoms with Crippen LogP contribution in [-0.4, -0.2) is 28.0 Å². The zero-order chi connectivity index (χ0) is 21.6. The van der Waals surface area contributed by atoms with Crippen molar-refractivity contribution in [2.45, 2.75) is 6.92 Å². The normalized spacial score (nSPS) is 10.1. The van der Waals surface area contributed by atoms with E-state index < -0.39 is 0 Å². The van der Waals surface area contributed by atoms with Crippen molar-refractivity contribution in [3.63, 3.8) is 0 Å². The molecule has 1 N–H and O–H groups in total. The number of nitrogens with zero attached hydrogens (tertiary/aromatic N) is 3. The lowest BCUT2D eigenvalue weighted by Crippen LogP contribution is -2.14. The van der Waals surface area contributed by atoms with Crippen molar-refractivity contribution in [1.82, 2.24) is 15.0 Å². The number of rotatable bonds is 4. The molecule has 0 aliphatic rings. The Labute approximate surface area is 180 Å². The Hall–Kier alpha value is -4.37. The van der Waals surface area contributed by atoms with Gasteiger partial charge in [-0.05, 0) is 61.5 Å². The SMILES string of the molecule is COc1ccc(-n2nnc(C(=O)Nc3cccc(C#Cc4ccccc4)c3)c2C)cc1. The molecule has 1 aromatic heterocycles. The van der Waals surface area contributed by atoms with Crippen LogP contribution in [0.2, 0.25) is 0 Å². The molecule has 0 saturated heterocycles. The van der Waals surface area contributed by atoms with Crippen LogP contribution >= 0.6 is 0 Å². The Morgan fingerprint density at radius 1 is 0.935 bits per heavy atom. The number of anilines is 1. The number of amides is 1. The monoisotopic (exact) mass is 408 g/mol. The Morgan fingerprint density at radius 3 is 2.39 bits per heavy atom. The van der Waals surface area contributed by atoms with Crippen molar-refractivity contribution in [3.05, 3.63) is 101 Å². The summed E-state index contributed by atoms with van der Waals surface area (Å²) in [6.07, 6.45) is 0. The molecule has 0 fully saturated rings. The molecule has 6 heteroatoms. The van der Waals surface area contributed by atoms with E-state index >= 15 is 0 Å². The first kappa shape index (κ1) is 19.9. The molecule has 0 radical (unpaired) electrons. The third-order valence-electron chi connectivity index (χ3n) is 4.67. The maximum Gasteiger partial charge on any atom is 0.278 e. The minimum Gasteiger partial charge on any atom is -0.497 e. The molecule has 0 atom stereocenters. The van der Waals surface area contributed by atoms with Crippen molar-refractivity contribution in [1.29, 1.82) is 0 Å². The van der Waals surface area contributed by atoms with E-state index in [1.807, 2.05) is 78.9 Å². The first-order valence-electron chi connectivity index (χ1n) is 9.69. The minimum atomic E-state index is -0.328. The van der Waals surface area contributed by atoms with Crippen LogP contribution in [0.4, 0.5) is 5.69 Å². The standard InChI is InChI=1S/C25H20N4O2/c1-18-24(27-28-29(18)22-13-15-23(31-2)16-14-22)25(30)26-21-10-6-9-20(17-21)12-11-19-7-4-3-5-8-19/h3-10,13-17H,1-2H3,(H,26,30). The zero-order valence-corrected chi connectivity index (χ0v) is 17.2. The third kappa shape index (κ3) is 4.62. The smallest absolute Gasteiger partial charge is 0.278 e. The van der Waals surface area contributed by atoms with E-state index in [9.17, 15) is 4.79 Å². The van der Waals surface area contributed by atoms with Crippen LogP contribution < -0.4 is 10.1 Å². The summed E-state index contributed by atoms with van der Waals surface area (Å²) in [4.78, 5) is 12.8. The van der Waals surface area contributed by atoms with Crippen molar-refractivity contribution in [2.75, 3.05) is 12.4 Å². The molecule has 152 valence electrons. The molecule has 6 nitrogen and oxygen atoms in total. The highest BCUT2D eigenvalue weighted by molar-refractivity contribution is 6.03. The summed E-state index contributed by atoms with van der Waals surface area (Å²) in [6.45, 7) is 1.81. The summed E-state index contributed by atoms with van der Waals surface area (Å²) in [5, 5.41) is 11.1. The molecule has 0 aliphatic heterocycles. The number of ether oxygens (including phenoxy) is 1. The van der Waals surface area contributed by atoms with E-state index in [4.69, 9.17) is 4.74 Å². The van der Waals surface area contributed by atoms with Crippen LogP contribution in [0, 0.1) is 18.8 Å². The van der Waals surface area contributed by atoms with Gasteiger partial charge in [0, 0.05) is 16.8 Å². The molecular formula is C25H20N4O2. The van der Waals surface area contributed by atoms with Gasteiger partial charge in [-0.1, -0.05) is 41.3 Å². The second kappa shape index (κ2) is 8.97. The Balaban J connectivity index is 1.51. The van der Waals surface area contributed by atoms with Gasteiger partial charge in [-0.25, -0.2) is 4.68 Å².